The van der Waals surface area contributed by atoms with Gasteiger partial charge in [-0.05, 0) is 42.7 Å². The molecule has 1 N–H and O–H groups in total. The molecule has 0 bridgehead atoms. The number of aromatic nitrogens is 1. The normalized spacial score (nSPS) is 10.1. The topological polar surface area (TPSA) is 60.5 Å². The highest BCUT2D eigenvalue weighted by Gasteiger charge is 2.07. The van der Waals surface area contributed by atoms with Crippen molar-refractivity contribution in [1.82, 2.24) is 10.3 Å². The Balaban J connectivity index is 1.76. The number of benzene rings is 1. The van der Waals surface area contributed by atoms with Gasteiger partial charge in [-0.25, -0.2) is 0 Å². The molecule has 0 aliphatic heterocycles. The van der Waals surface area contributed by atoms with E-state index in [-0.39, 0.29) is 12.5 Å². The fourth-order valence-corrected chi connectivity index (χ4v) is 1.98. The molecule has 1 aromatic heterocycles. The summed E-state index contributed by atoms with van der Waals surface area (Å²) in [5, 5.41) is 2.82. The van der Waals surface area contributed by atoms with Crippen LogP contribution in [0.1, 0.15) is 11.1 Å². The Labute approximate surface area is 130 Å². The quantitative estimate of drug-likeness (QED) is 0.851. The first-order valence-electron chi connectivity index (χ1n) is 7.12. The van der Waals surface area contributed by atoms with Crippen LogP contribution in [-0.4, -0.2) is 31.2 Å². The molecule has 5 heteroatoms. The Morgan fingerprint density at radius 1 is 1.27 bits per heavy atom. The van der Waals surface area contributed by atoms with Crippen molar-refractivity contribution in [2.24, 2.45) is 0 Å². The maximum Gasteiger partial charge on any atom is 0.257 e. The maximum absolute atomic E-state index is 11.8. The molecule has 1 amide bonds. The molecular formula is C17H20N2O3. The van der Waals surface area contributed by atoms with Crippen LogP contribution in [0, 0.1) is 6.92 Å². The zero-order valence-corrected chi connectivity index (χ0v) is 12.8. The minimum Gasteiger partial charge on any atom is -0.493 e. The second-order valence-electron chi connectivity index (χ2n) is 4.90. The summed E-state index contributed by atoms with van der Waals surface area (Å²) in [6, 6.07) is 9.45. The van der Waals surface area contributed by atoms with Gasteiger partial charge in [0.15, 0.2) is 18.1 Å². The van der Waals surface area contributed by atoms with Crippen molar-refractivity contribution in [3.63, 3.8) is 0 Å². The average Bonchev–Trinajstić information content (AvgIpc) is 2.54. The molecule has 0 aliphatic carbocycles. The molecule has 1 aromatic carbocycles. The van der Waals surface area contributed by atoms with Crippen LogP contribution in [0.4, 0.5) is 0 Å². The number of nitrogens with one attached hydrogen (secondary N) is 1. The van der Waals surface area contributed by atoms with E-state index in [1.54, 1.807) is 25.6 Å². The van der Waals surface area contributed by atoms with E-state index in [1.807, 2.05) is 31.2 Å². The van der Waals surface area contributed by atoms with Crippen molar-refractivity contribution >= 4 is 5.91 Å². The Morgan fingerprint density at radius 2 is 2.14 bits per heavy atom. The number of carbonyl (C=O) groups excluding carboxylic acids is 1. The van der Waals surface area contributed by atoms with Crippen molar-refractivity contribution in [3.8, 4) is 11.5 Å². The van der Waals surface area contributed by atoms with Crippen LogP contribution in [0.25, 0.3) is 0 Å². The number of methoxy groups -OCH3 is 1. The molecule has 2 rings (SSSR count). The predicted molar refractivity (Wildman–Crippen MR) is 84.2 cm³/mol. The molecule has 2 aromatic rings. The lowest BCUT2D eigenvalue weighted by Gasteiger charge is -2.11. The first kappa shape index (κ1) is 15.8. The van der Waals surface area contributed by atoms with Gasteiger partial charge in [0.1, 0.15) is 0 Å². The Morgan fingerprint density at radius 3 is 2.86 bits per heavy atom. The summed E-state index contributed by atoms with van der Waals surface area (Å²) < 4.78 is 10.7. The highest BCUT2D eigenvalue weighted by atomic mass is 16.5. The van der Waals surface area contributed by atoms with E-state index in [2.05, 4.69) is 10.3 Å². The monoisotopic (exact) mass is 300 g/mol. The first-order valence-corrected chi connectivity index (χ1v) is 7.12. The van der Waals surface area contributed by atoms with Gasteiger partial charge in [0.2, 0.25) is 0 Å². The summed E-state index contributed by atoms with van der Waals surface area (Å²) in [5.41, 5.74) is 2.16. The van der Waals surface area contributed by atoms with Gasteiger partial charge in [-0.2, -0.15) is 0 Å². The van der Waals surface area contributed by atoms with Crippen molar-refractivity contribution < 1.29 is 14.3 Å². The van der Waals surface area contributed by atoms with Crippen LogP contribution in [0.2, 0.25) is 0 Å². The Bertz CT molecular complexity index is 615. The molecule has 5 nitrogen and oxygen atoms in total. The number of hydrogen-bond acceptors (Lipinski definition) is 4. The van der Waals surface area contributed by atoms with E-state index in [0.717, 1.165) is 17.5 Å². The van der Waals surface area contributed by atoms with E-state index in [1.165, 1.54) is 0 Å². The summed E-state index contributed by atoms with van der Waals surface area (Å²) in [5.74, 6) is 1.03. The second-order valence-corrected chi connectivity index (χ2v) is 4.90. The minimum absolute atomic E-state index is 0.0353. The zero-order valence-electron chi connectivity index (χ0n) is 12.8. The lowest BCUT2D eigenvalue weighted by atomic mass is 10.2. The lowest BCUT2D eigenvalue weighted by Crippen LogP contribution is -2.30. The maximum atomic E-state index is 11.8. The number of pyridine rings is 1. The molecule has 116 valence electrons. The third-order valence-electron chi connectivity index (χ3n) is 3.14. The minimum atomic E-state index is -0.161. The molecule has 0 aliphatic rings. The van der Waals surface area contributed by atoms with Gasteiger partial charge >= 0.3 is 0 Å². The molecule has 0 spiro atoms. The van der Waals surface area contributed by atoms with Crippen LogP contribution in [0.5, 0.6) is 11.5 Å². The molecule has 22 heavy (non-hydrogen) atoms. The smallest absolute Gasteiger partial charge is 0.257 e. The molecule has 0 atom stereocenters. The number of nitrogens with zero attached hydrogens (tertiary/aromatic N) is 1. The Hall–Kier alpha value is -2.56. The predicted octanol–water partition coefficient (Wildman–Crippen LogP) is 2.14. The molecule has 0 radical (unpaired) electrons. The highest BCUT2D eigenvalue weighted by molar-refractivity contribution is 5.77. The fourth-order valence-electron chi connectivity index (χ4n) is 1.98. The van der Waals surface area contributed by atoms with Crippen molar-refractivity contribution in [1.29, 1.82) is 0 Å². The van der Waals surface area contributed by atoms with Gasteiger partial charge in [0.25, 0.3) is 5.91 Å². The second kappa shape index (κ2) is 8.02. The summed E-state index contributed by atoms with van der Waals surface area (Å²) in [6.45, 7) is 2.49. The molecule has 0 unspecified atom stereocenters. The lowest BCUT2D eigenvalue weighted by molar-refractivity contribution is -0.123. The van der Waals surface area contributed by atoms with Crippen LogP contribution in [-0.2, 0) is 11.2 Å². The van der Waals surface area contributed by atoms with E-state index >= 15 is 0 Å². The van der Waals surface area contributed by atoms with Crippen molar-refractivity contribution in [3.05, 3.63) is 53.9 Å². The van der Waals surface area contributed by atoms with E-state index < -0.39 is 0 Å². The fraction of sp³-hybridized carbons (Fsp3) is 0.294. The van der Waals surface area contributed by atoms with E-state index in [4.69, 9.17) is 9.47 Å². The van der Waals surface area contributed by atoms with Gasteiger partial charge in [-0.15, -0.1) is 0 Å². The molecule has 0 saturated heterocycles. The van der Waals surface area contributed by atoms with Gasteiger partial charge in [-0.3, -0.25) is 9.78 Å². The molecule has 1 heterocycles. The molecular weight excluding hydrogens is 280 g/mol. The number of carbonyl (C=O) groups is 1. The largest absolute Gasteiger partial charge is 0.493 e. The first-order chi connectivity index (χ1) is 10.7. The van der Waals surface area contributed by atoms with E-state index in [0.29, 0.717) is 18.0 Å². The van der Waals surface area contributed by atoms with Crippen LogP contribution in [0.3, 0.4) is 0 Å². The van der Waals surface area contributed by atoms with Gasteiger partial charge in [-0.1, -0.05) is 12.1 Å². The number of hydrogen-bond donors (Lipinski definition) is 1. The van der Waals surface area contributed by atoms with Crippen molar-refractivity contribution in [2.75, 3.05) is 20.3 Å². The third-order valence-corrected chi connectivity index (χ3v) is 3.14. The van der Waals surface area contributed by atoms with Crippen LogP contribution in [0.15, 0.2) is 42.7 Å². The number of amides is 1. The summed E-state index contributed by atoms with van der Waals surface area (Å²) in [4.78, 5) is 15.8. The molecule has 0 saturated carbocycles. The average molecular weight is 300 g/mol. The van der Waals surface area contributed by atoms with E-state index in [9.17, 15) is 4.79 Å². The van der Waals surface area contributed by atoms with Crippen molar-refractivity contribution in [2.45, 2.75) is 13.3 Å². The number of ether oxygens (including phenoxy) is 2. The van der Waals surface area contributed by atoms with Gasteiger partial charge in [0, 0.05) is 18.9 Å². The third kappa shape index (κ3) is 4.77. The highest BCUT2D eigenvalue weighted by Crippen LogP contribution is 2.27. The Kier molecular flexibility index (Phi) is 5.77. The summed E-state index contributed by atoms with van der Waals surface area (Å²) >= 11 is 0. The SMILES string of the molecule is COc1cc(C)ccc1OCC(=O)NCCc1cccnc1. The molecule has 0 fully saturated rings. The number of rotatable bonds is 7. The standard InChI is InChI=1S/C17H20N2O3/c1-13-5-6-15(16(10-13)21-2)22-12-17(20)19-9-7-14-4-3-8-18-11-14/h3-6,8,10-11H,7,9,12H2,1-2H3,(H,19,20). The van der Waals surface area contributed by atoms with Crippen LogP contribution < -0.4 is 14.8 Å². The van der Waals surface area contributed by atoms with Gasteiger partial charge < -0.3 is 14.8 Å². The summed E-state index contributed by atoms with van der Waals surface area (Å²) in [7, 11) is 1.58. The number of aryl methyl sites for hydroxylation is 1. The van der Waals surface area contributed by atoms with Crippen LogP contribution >= 0.6 is 0 Å². The zero-order chi connectivity index (χ0) is 15.8. The van der Waals surface area contributed by atoms with Gasteiger partial charge in [0.05, 0.1) is 7.11 Å². The summed E-state index contributed by atoms with van der Waals surface area (Å²) in [6.07, 6.45) is 4.26.